The van der Waals surface area contributed by atoms with Crippen LogP contribution in [0.15, 0.2) is 103 Å². The summed E-state index contributed by atoms with van der Waals surface area (Å²) in [7, 11) is 0. The molecule has 3 aromatic carbocycles. The van der Waals surface area contributed by atoms with Crippen molar-refractivity contribution in [3.8, 4) is 0 Å². The fourth-order valence-electron chi connectivity index (χ4n) is 4.09. The maximum atomic E-state index is 9.64. The molecule has 5 nitrogen and oxygen atoms in total. The number of aliphatic hydroxyl groups is 1. The van der Waals surface area contributed by atoms with Gasteiger partial charge in [0.1, 0.15) is 30.2 Å². The van der Waals surface area contributed by atoms with E-state index in [0.717, 1.165) is 16.7 Å². The number of hydrogen-bond acceptors (Lipinski definition) is 5. The van der Waals surface area contributed by atoms with Crippen molar-refractivity contribution in [2.24, 2.45) is 0 Å². The van der Waals surface area contributed by atoms with Crippen molar-refractivity contribution in [3.05, 3.63) is 120 Å². The molecule has 0 aliphatic carbocycles. The standard InChI is InChI=1S/C29H32O5/c1-22-27(31-19-23-11-5-2-6-12-23)29(33-21-25-15-9-4-10-16-25)28(26(34-22)17-18-30)32-20-24-13-7-3-8-14-24/h2-17,22,27-30H,18-21H2,1H3/b26-17+/t22-,27+,28+,29+/m1/s1. The van der Waals surface area contributed by atoms with Gasteiger partial charge in [-0.05, 0) is 29.7 Å². The summed E-state index contributed by atoms with van der Waals surface area (Å²) in [5.74, 6) is 0.573. The van der Waals surface area contributed by atoms with Gasteiger partial charge in [0, 0.05) is 0 Å². The van der Waals surface area contributed by atoms with Gasteiger partial charge >= 0.3 is 0 Å². The maximum absolute atomic E-state index is 9.64. The van der Waals surface area contributed by atoms with Gasteiger partial charge in [0.25, 0.3) is 0 Å². The first-order chi connectivity index (χ1) is 16.7. The van der Waals surface area contributed by atoms with Crippen LogP contribution in [0.1, 0.15) is 23.6 Å². The monoisotopic (exact) mass is 460 g/mol. The zero-order valence-electron chi connectivity index (χ0n) is 19.5. The quantitative estimate of drug-likeness (QED) is 0.460. The van der Waals surface area contributed by atoms with Crippen molar-refractivity contribution in [2.75, 3.05) is 6.61 Å². The molecule has 4 atom stereocenters. The van der Waals surface area contributed by atoms with E-state index in [1.807, 2.05) is 97.9 Å². The van der Waals surface area contributed by atoms with Crippen LogP contribution in [0.25, 0.3) is 0 Å². The minimum atomic E-state index is -0.520. The molecule has 3 aromatic rings. The van der Waals surface area contributed by atoms with E-state index in [1.54, 1.807) is 6.08 Å². The lowest BCUT2D eigenvalue weighted by Crippen LogP contribution is -2.54. The Balaban J connectivity index is 1.57. The molecule has 0 saturated carbocycles. The first-order valence-electron chi connectivity index (χ1n) is 11.7. The van der Waals surface area contributed by atoms with Crippen LogP contribution in [0.3, 0.4) is 0 Å². The third-order valence-corrected chi connectivity index (χ3v) is 5.82. The summed E-state index contributed by atoms with van der Waals surface area (Å²) in [6.07, 6.45) is 0.0694. The molecule has 4 rings (SSSR count). The number of ether oxygens (including phenoxy) is 4. The highest BCUT2D eigenvalue weighted by Gasteiger charge is 2.44. The lowest BCUT2D eigenvalue weighted by atomic mass is 9.97. The third kappa shape index (κ3) is 6.55. The van der Waals surface area contributed by atoms with Gasteiger partial charge in [0.05, 0.1) is 26.4 Å². The lowest BCUT2D eigenvalue weighted by molar-refractivity contribution is -0.211. The second kappa shape index (κ2) is 12.5. The van der Waals surface area contributed by atoms with Gasteiger partial charge in [0.2, 0.25) is 0 Å². The highest BCUT2D eigenvalue weighted by atomic mass is 16.6. The first-order valence-corrected chi connectivity index (χ1v) is 11.7. The molecule has 34 heavy (non-hydrogen) atoms. The van der Waals surface area contributed by atoms with Gasteiger partial charge in [0.15, 0.2) is 0 Å². The number of aliphatic hydroxyl groups excluding tert-OH is 1. The van der Waals surface area contributed by atoms with Crippen LogP contribution in [0.5, 0.6) is 0 Å². The summed E-state index contributed by atoms with van der Waals surface area (Å²) >= 11 is 0. The van der Waals surface area contributed by atoms with Crippen LogP contribution in [-0.2, 0) is 38.8 Å². The predicted octanol–water partition coefficient (Wildman–Crippen LogP) is 5.04. The first kappa shape index (κ1) is 24.2. The number of benzene rings is 3. The van der Waals surface area contributed by atoms with Crippen molar-refractivity contribution in [2.45, 2.75) is 51.2 Å². The second-order valence-corrected chi connectivity index (χ2v) is 8.35. The minimum Gasteiger partial charge on any atom is -0.490 e. The predicted molar refractivity (Wildman–Crippen MR) is 131 cm³/mol. The van der Waals surface area contributed by atoms with Crippen LogP contribution in [0.2, 0.25) is 0 Å². The molecule has 0 amide bonds. The molecule has 1 heterocycles. The zero-order chi connectivity index (χ0) is 23.6. The van der Waals surface area contributed by atoms with Crippen molar-refractivity contribution >= 4 is 0 Å². The van der Waals surface area contributed by atoms with Crippen molar-refractivity contribution < 1.29 is 24.1 Å². The van der Waals surface area contributed by atoms with E-state index < -0.39 is 12.2 Å². The average Bonchev–Trinajstić information content (AvgIpc) is 2.88. The fourth-order valence-corrected chi connectivity index (χ4v) is 4.09. The molecule has 0 spiro atoms. The highest BCUT2D eigenvalue weighted by Crippen LogP contribution is 2.32. The van der Waals surface area contributed by atoms with Crippen molar-refractivity contribution in [1.82, 2.24) is 0 Å². The number of rotatable bonds is 10. The summed E-state index contributed by atoms with van der Waals surface area (Å²) in [6.45, 7) is 3.07. The van der Waals surface area contributed by atoms with E-state index in [2.05, 4.69) is 0 Å². The Kier molecular flexibility index (Phi) is 8.88. The zero-order valence-corrected chi connectivity index (χ0v) is 19.5. The Morgan fingerprint density at radius 3 is 1.59 bits per heavy atom. The van der Waals surface area contributed by atoms with Gasteiger partial charge in [-0.15, -0.1) is 0 Å². The van der Waals surface area contributed by atoms with E-state index in [-0.39, 0.29) is 18.8 Å². The van der Waals surface area contributed by atoms with Crippen LogP contribution in [0.4, 0.5) is 0 Å². The summed E-state index contributed by atoms with van der Waals surface area (Å²) in [6, 6.07) is 30.1. The Hall–Kier alpha value is -2.96. The molecule has 5 heteroatoms. The van der Waals surface area contributed by atoms with Gasteiger partial charge in [-0.2, -0.15) is 0 Å². The van der Waals surface area contributed by atoms with Crippen LogP contribution < -0.4 is 0 Å². The van der Waals surface area contributed by atoms with Gasteiger partial charge < -0.3 is 24.1 Å². The van der Waals surface area contributed by atoms with Gasteiger partial charge in [-0.1, -0.05) is 91.0 Å². The Bertz CT molecular complexity index is 1010. The summed E-state index contributed by atoms with van der Waals surface area (Å²) < 4.78 is 25.4. The molecule has 1 fully saturated rings. The molecular weight excluding hydrogens is 428 g/mol. The molecular formula is C29H32O5. The smallest absolute Gasteiger partial charge is 0.143 e. The molecule has 0 bridgehead atoms. The molecule has 1 aliphatic heterocycles. The molecule has 0 unspecified atom stereocenters. The molecule has 1 aliphatic rings. The highest BCUT2D eigenvalue weighted by molar-refractivity contribution is 5.17. The van der Waals surface area contributed by atoms with Crippen molar-refractivity contribution in [1.29, 1.82) is 0 Å². The summed E-state index contributed by atoms with van der Waals surface area (Å²) in [5, 5.41) is 9.64. The minimum absolute atomic E-state index is 0.145. The normalized spacial score (nSPS) is 23.5. The van der Waals surface area contributed by atoms with Crippen LogP contribution >= 0.6 is 0 Å². The van der Waals surface area contributed by atoms with Gasteiger partial charge in [-0.3, -0.25) is 0 Å². The van der Waals surface area contributed by atoms with Gasteiger partial charge in [-0.25, -0.2) is 0 Å². The maximum Gasteiger partial charge on any atom is 0.143 e. The summed E-state index contributed by atoms with van der Waals surface area (Å²) in [4.78, 5) is 0. The van der Waals surface area contributed by atoms with E-state index in [4.69, 9.17) is 18.9 Å². The molecule has 1 N–H and O–H groups in total. The largest absolute Gasteiger partial charge is 0.490 e. The van der Waals surface area contributed by atoms with E-state index in [1.165, 1.54) is 0 Å². The summed E-state index contributed by atoms with van der Waals surface area (Å²) in [5.41, 5.74) is 3.20. The number of hydrogen-bond donors (Lipinski definition) is 1. The van der Waals surface area contributed by atoms with E-state index >= 15 is 0 Å². The SMILES string of the molecule is C[C@H]1O/C(=C/CO)[C@H](OCc2ccccc2)[C@@H](OCc2ccccc2)[C@H]1OCc1ccccc1. The van der Waals surface area contributed by atoms with Crippen LogP contribution in [-0.4, -0.2) is 36.1 Å². The Morgan fingerprint density at radius 1 is 0.676 bits per heavy atom. The Labute approximate surface area is 201 Å². The van der Waals surface area contributed by atoms with Crippen LogP contribution in [0, 0.1) is 0 Å². The third-order valence-electron chi connectivity index (χ3n) is 5.82. The molecule has 1 saturated heterocycles. The lowest BCUT2D eigenvalue weighted by Gasteiger charge is -2.42. The fraction of sp³-hybridized carbons (Fsp3) is 0.310. The molecule has 0 radical (unpaired) electrons. The van der Waals surface area contributed by atoms with E-state index in [9.17, 15) is 5.11 Å². The van der Waals surface area contributed by atoms with E-state index in [0.29, 0.717) is 25.6 Å². The second-order valence-electron chi connectivity index (χ2n) is 8.35. The topological polar surface area (TPSA) is 57.2 Å². The van der Waals surface area contributed by atoms with Crippen molar-refractivity contribution in [3.63, 3.8) is 0 Å². The Morgan fingerprint density at radius 2 is 1.12 bits per heavy atom. The molecule has 178 valence electrons. The molecule has 0 aromatic heterocycles. The average molecular weight is 461 g/mol.